The summed E-state index contributed by atoms with van der Waals surface area (Å²) in [7, 11) is 0. The molecule has 0 aliphatic carbocycles. The van der Waals surface area contributed by atoms with Crippen LogP contribution in [0.2, 0.25) is 0 Å². The second-order valence-corrected chi connectivity index (χ2v) is 7.00. The van der Waals surface area contributed by atoms with Gasteiger partial charge in [-0.2, -0.15) is 5.10 Å². The summed E-state index contributed by atoms with van der Waals surface area (Å²) in [5.74, 6) is 0.221. The molecule has 9 heteroatoms. The highest BCUT2D eigenvalue weighted by atomic mass is 19.1. The third-order valence-electron chi connectivity index (χ3n) is 4.84. The minimum Gasteiger partial charge on any atom is -0.335 e. The Morgan fingerprint density at radius 1 is 1.14 bits per heavy atom. The average molecular weight is 395 g/mol. The van der Waals surface area contributed by atoms with Crippen molar-refractivity contribution in [2.45, 2.75) is 25.4 Å². The van der Waals surface area contributed by atoms with E-state index in [0.717, 1.165) is 38.0 Å². The van der Waals surface area contributed by atoms with Gasteiger partial charge in [0.05, 0.1) is 18.1 Å². The normalized spacial score (nSPS) is 15.2. The summed E-state index contributed by atoms with van der Waals surface area (Å²) in [5.41, 5.74) is 1.67. The Morgan fingerprint density at radius 3 is 2.59 bits per heavy atom. The molecular formula is C20H22FN7O. The van der Waals surface area contributed by atoms with Crippen molar-refractivity contribution in [1.29, 1.82) is 0 Å². The van der Waals surface area contributed by atoms with Crippen LogP contribution in [0.5, 0.6) is 0 Å². The first-order chi connectivity index (χ1) is 14.2. The van der Waals surface area contributed by atoms with Crippen molar-refractivity contribution in [3.63, 3.8) is 0 Å². The molecule has 0 bridgehead atoms. The van der Waals surface area contributed by atoms with Crippen LogP contribution in [-0.2, 0) is 6.54 Å². The van der Waals surface area contributed by atoms with E-state index in [4.69, 9.17) is 0 Å². The Hall–Kier alpha value is -3.33. The van der Waals surface area contributed by atoms with Gasteiger partial charge in [0.15, 0.2) is 0 Å². The number of piperidine rings is 1. The molecule has 1 fully saturated rings. The standard InChI is InChI=1S/C20H22FN7O/c21-16-4-2-15(3-5-16)13-27-10-6-17(7-11-27)25-20(29)26-18-12-24-28(14-18)19-22-8-1-9-23-19/h1-5,8-9,12,14,17H,6-7,10-11,13H2,(H2,25,26,29). The molecule has 0 unspecified atom stereocenters. The smallest absolute Gasteiger partial charge is 0.319 e. The van der Waals surface area contributed by atoms with Crippen molar-refractivity contribution in [3.05, 3.63) is 66.5 Å². The van der Waals surface area contributed by atoms with Gasteiger partial charge in [-0.3, -0.25) is 4.90 Å². The van der Waals surface area contributed by atoms with E-state index in [0.29, 0.717) is 11.6 Å². The number of nitrogens with zero attached hydrogens (tertiary/aromatic N) is 5. The maximum atomic E-state index is 13.0. The van der Waals surface area contributed by atoms with Crippen molar-refractivity contribution in [1.82, 2.24) is 30.0 Å². The fraction of sp³-hybridized carbons (Fsp3) is 0.300. The summed E-state index contributed by atoms with van der Waals surface area (Å²) in [6.07, 6.45) is 8.22. The number of carbonyl (C=O) groups excluding carboxylic acids is 1. The summed E-state index contributed by atoms with van der Waals surface area (Å²) in [4.78, 5) is 22.8. The molecule has 1 aliphatic rings. The third-order valence-corrected chi connectivity index (χ3v) is 4.84. The number of rotatable bonds is 5. The van der Waals surface area contributed by atoms with Crippen LogP contribution in [0.1, 0.15) is 18.4 Å². The number of nitrogens with one attached hydrogen (secondary N) is 2. The minimum atomic E-state index is -0.254. The van der Waals surface area contributed by atoms with Gasteiger partial charge < -0.3 is 10.6 Å². The molecule has 4 rings (SSSR count). The van der Waals surface area contributed by atoms with Crippen LogP contribution >= 0.6 is 0 Å². The van der Waals surface area contributed by atoms with E-state index >= 15 is 0 Å². The zero-order chi connectivity index (χ0) is 20.1. The first-order valence-electron chi connectivity index (χ1n) is 9.52. The molecule has 0 spiro atoms. The lowest BCUT2D eigenvalue weighted by Crippen LogP contribution is -2.45. The highest BCUT2D eigenvalue weighted by Gasteiger charge is 2.21. The maximum absolute atomic E-state index is 13.0. The van der Waals surface area contributed by atoms with Gasteiger partial charge >= 0.3 is 6.03 Å². The fourth-order valence-corrected chi connectivity index (χ4v) is 3.34. The summed E-state index contributed by atoms with van der Waals surface area (Å²) in [6.45, 7) is 2.55. The second-order valence-electron chi connectivity index (χ2n) is 7.00. The largest absolute Gasteiger partial charge is 0.335 e. The number of hydrogen-bond acceptors (Lipinski definition) is 5. The lowest BCUT2D eigenvalue weighted by Gasteiger charge is -2.32. The van der Waals surface area contributed by atoms with E-state index in [2.05, 4.69) is 30.6 Å². The van der Waals surface area contributed by atoms with Crippen LogP contribution in [0, 0.1) is 5.82 Å². The van der Waals surface area contributed by atoms with E-state index in [1.165, 1.54) is 16.8 Å². The van der Waals surface area contributed by atoms with Crippen LogP contribution in [0.4, 0.5) is 14.9 Å². The zero-order valence-corrected chi connectivity index (χ0v) is 15.8. The van der Waals surface area contributed by atoms with E-state index < -0.39 is 0 Å². The zero-order valence-electron chi connectivity index (χ0n) is 15.8. The SMILES string of the molecule is O=C(Nc1cnn(-c2ncccn2)c1)NC1CCN(Cc2ccc(F)cc2)CC1. The van der Waals surface area contributed by atoms with Crippen LogP contribution in [0.3, 0.4) is 0 Å². The van der Waals surface area contributed by atoms with Crippen molar-refractivity contribution >= 4 is 11.7 Å². The van der Waals surface area contributed by atoms with Crippen LogP contribution in [0.25, 0.3) is 5.95 Å². The van der Waals surface area contributed by atoms with Crippen molar-refractivity contribution < 1.29 is 9.18 Å². The lowest BCUT2D eigenvalue weighted by molar-refractivity contribution is 0.190. The molecule has 1 aromatic carbocycles. The molecule has 3 aromatic rings. The second kappa shape index (κ2) is 8.78. The first-order valence-corrected chi connectivity index (χ1v) is 9.52. The maximum Gasteiger partial charge on any atom is 0.319 e. The molecule has 0 radical (unpaired) electrons. The average Bonchev–Trinajstić information content (AvgIpc) is 3.20. The summed E-state index contributed by atoms with van der Waals surface area (Å²) in [6, 6.07) is 8.19. The number of urea groups is 1. The Balaban J connectivity index is 1.23. The van der Waals surface area contributed by atoms with E-state index in [-0.39, 0.29) is 17.9 Å². The Morgan fingerprint density at radius 2 is 1.86 bits per heavy atom. The summed E-state index contributed by atoms with van der Waals surface area (Å²) >= 11 is 0. The molecule has 2 aromatic heterocycles. The number of hydrogen-bond donors (Lipinski definition) is 2. The number of benzene rings is 1. The fourth-order valence-electron chi connectivity index (χ4n) is 3.34. The first kappa shape index (κ1) is 19.0. The number of aromatic nitrogens is 4. The van der Waals surface area contributed by atoms with Crippen LogP contribution in [0.15, 0.2) is 55.1 Å². The van der Waals surface area contributed by atoms with E-state index in [9.17, 15) is 9.18 Å². The summed E-state index contributed by atoms with van der Waals surface area (Å²) < 4.78 is 14.5. The molecule has 1 saturated heterocycles. The Kier molecular flexibility index (Phi) is 5.76. The third kappa shape index (κ3) is 5.14. The van der Waals surface area contributed by atoms with Crippen molar-refractivity contribution in [2.24, 2.45) is 0 Å². The molecule has 1 aliphatic heterocycles. The predicted molar refractivity (Wildman–Crippen MR) is 106 cm³/mol. The molecule has 2 N–H and O–H groups in total. The van der Waals surface area contributed by atoms with Gasteiger partial charge in [0, 0.05) is 38.1 Å². The number of amides is 2. The molecule has 3 heterocycles. The Labute approximate surface area is 167 Å². The van der Waals surface area contributed by atoms with Crippen LogP contribution < -0.4 is 10.6 Å². The molecular weight excluding hydrogens is 373 g/mol. The predicted octanol–water partition coefficient (Wildman–Crippen LogP) is 2.59. The quantitative estimate of drug-likeness (QED) is 0.693. The summed E-state index contributed by atoms with van der Waals surface area (Å²) in [5, 5.41) is 9.97. The number of halogens is 1. The molecule has 2 amide bonds. The highest BCUT2D eigenvalue weighted by molar-refractivity contribution is 5.89. The van der Waals surface area contributed by atoms with Crippen molar-refractivity contribution in [2.75, 3.05) is 18.4 Å². The van der Waals surface area contributed by atoms with Gasteiger partial charge in [-0.25, -0.2) is 23.8 Å². The lowest BCUT2D eigenvalue weighted by atomic mass is 10.0. The van der Waals surface area contributed by atoms with Crippen LogP contribution in [-0.4, -0.2) is 49.8 Å². The van der Waals surface area contributed by atoms with Gasteiger partial charge in [-0.05, 0) is 36.6 Å². The van der Waals surface area contributed by atoms with Gasteiger partial charge in [0.1, 0.15) is 5.82 Å². The highest BCUT2D eigenvalue weighted by Crippen LogP contribution is 2.15. The number of likely N-dealkylation sites (tertiary alicyclic amines) is 1. The Bertz CT molecular complexity index is 937. The van der Waals surface area contributed by atoms with Gasteiger partial charge in [-0.15, -0.1) is 0 Å². The van der Waals surface area contributed by atoms with Gasteiger partial charge in [0.2, 0.25) is 5.95 Å². The monoisotopic (exact) mass is 395 g/mol. The molecule has 8 nitrogen and oxygen atoms in total. The van der Waals surface area contributed by atoms with Gasteiger partial charge in [-0.1, -0.05) is 12.1 Å². The topological polar surface area (TPSA) is 88.0 Å². The van der Waals surface area contributed by atoms with E-state index in [1.807, 2.05) is 12.1 Å². The number of carbonyl (C=O) groups is 1. The minimum absolute atomic E-state index is 0.118. The molecule has 0 atom stereocenters. The van der Waals surface area contributed by atoms with Crippen molar-refractivity contribution in [3.8, 4) is 5.95 Å². The number of anilines is 1. The molecule has 150 valence electrons. The molecule has 0 saturated carbocycles. The molecule has 29 heavy (non-hydrogen) atoms. The van der Waals surface area contributed by atoms with E-state index in [1.54, 1.807) is 30.9 Å². The van der Waals surface area contributed by atoms with Gasteiger partial charge in [0.25, 0.3) is 0 Å².